The van der Waals surface area contributed by atoms with Gasteiger partial charge in [0.2, 0.25) is 0 Å². The van der Waals surface area contributed by atoms with Gasteiger partial charge >= 0.3 is 0 Å². The molecule has 1 aromatic heterocycles. The molecule has 0 aliphatic carbocycles. The maximum Gasteiger partial charge on any atom is 0.141 e. The zero-order valence-corrected chi connectivity index (χ0v) is 8.36. The second-order valence-electron chi connectivity index (χ2n) is 3.65. The number of H-pyrrole nitrogens is 1. The summed E-state index contributed by atoms with van der Waals surface area (Å²) in [5.74, 6) is 0.900. The standard InChI is InChI=1S/C9H16N4O/c1-7(9-10-6-11-13-9)12-8-2-4-14-5-3-8/h6-8,12H,2-5H2,1H3,(H,10,11,13). The molecule has 78 valence electrons. The van der Waals surface area contributed by atoms with Crippen LogP contribution in [0.1, 0.15) is 31.6 Å². The van der Waals surface area contributed by atoms with Crippen molar-refractivity contribution in [1.29, 1.82) is 0 Å². The zero-order valence-electron chi connectivity index (χ0n) is 8.36. The molecule has 5 nitrogen and oxygen atoms in total. The first-order chi connectivity index (χ1) is 6.86. The molecule has 1 fully saturated rings. The van der Waals surface area contributed by atoms with Gasteiger partial charge in [0.25, 0.3) is 0 Å². The van der Waals surface area contributed by atoms with Gasteiger partial charge in [0.1, 0.15) is 12.2 Å². The predicted octanol–water partition coefficient (Wildman–Crippen LogP) is 0.634. The molecule has 2 N–H and O–H groups in total. The van der Waals surface area contributed by atoms with Crippen LogP contribution in [0, 0.1) is 0 Å². The fourth-order valence-corrected chi connectivity index (χ4v) is 1.72. The minimum absolute atomic E-state index is 0.237. The first-order valence-corrected chi connectivity index (χ1v) is 5.05. The molecule has 1 atom stereocenters. The van der Waals surface area contributed by atoms with Gasteiger partial charge in [-0.2, -0.15) is 5.10 Å². The van der Waals surface area contributed by atoms with Crippen molar-refractivity contribution in [2.45, 2.75) is 31.8 Å². The van der Waals surface area contributed by atoms with Crippen molar-refractivity contribution in [2.24, 2.45) is 0 Å². The van der Waals surface area contributed by atoms with Gasteiger partial charge < -0.3 is 10.1 Å². The molecule has 0 radical (unpaired) electrons. The van der Waals surface area contributed by atoms with Crippen LogP contribution in [0.5, 0.6) is 0 Å². The van der Waals surface area contributed by atoms with E-state index in [1.807, 2.05) is 0 Å². The van der Waals surface area contributed by atoms with Gasteiger partial charge in [-0.3, -0.25) is 5.10 Å². The number of hydrogen-bond acceptors (Lipinski definition) is 4. The summed E-state index contributed by atoms with van der Waals surface area (Å²) >= 11 is 0. The highest BCUT2D eigenvalue weighted by molar-refractivity contribution is 4.90. The van der Waals surface area contributed by atoms with E-state index in [4.69, 9.17) is 4.74 Å². The summed E-state index contributed by atoms with van der Waals surface area (Å²) in [5.41, 5.74) is 0. The van der Waals surface area contributed by atoms with Gasteiger partial charge in [0, 0.05) is 19.3 Å². The number of ether oxygens (including phenoxy) is 1. The van der Waals surface area contributed by atoms with Crippen molar-refractivity contribution in [3.8, 4) is 0 Å². The fraction of sp³-hybridized carbons (Fsp3) is 0.778. The summed E-state index contributed by atoms with van der Waals surface area (Å²) in [4.78, 5) is 4.12. The van der Waals surface area contributed by atoms with Gasteiger partial charge in [-0.25, -0.2) is 4.98 Å². The molecule has 1 saturated heterocycles. The lowest BCUT2D eigenvalue weighted by Crippen LogP contribution is -2.36. The first kappa shape index (κ1) is 9.61. The van der Waals surface area contributed by atoms with Crippen LogP contribution in [0.15, 0.2) is 6.33 Å². The van der Waals surface area contributed by atoms with Crippen LogP contribution < -0.4 is 5.32 Å². The van der Waals surface area contributed by atoms with Crippen molar-refractivity contribution in [2.75, 3.05) is 13.2 Å². The SMILES string of the molecule is CC(NC1CCOCC1)c1ncn[nH]1. The molecular weight excluding hydrogens is 180 g/mol. The minimum Gasteiger partial charge on any atom is -0.381 e. The van der Waals surface area contributed by atoms with E-state index in [9.17, 15) is 0 Å². The summed E-state index contributed by atoms with van der Waals surface area (Å²) in [6.07, 6.45) is 3.70. The van der Waals surface area contributed by atoms with E-state index in [2.05, 4.69) is 27.4 Å². The summed E-state index contributed by atoms with van der Waals surface area (Å²) < 4.78 is 5.30. The minimum atomic E-state index is 0.237. The summed E-state index contributed by atoms with van der Waals surface area (Å²) in [5, 5.41) is 10.2. The third-order valence-corrected chi connectivity index (χ3v) is 2.55. The molecule has 0 saturated carbocycles. The number of rotatable bonds is 3. The molecule has 0 bridgehead atoms. The molecule has 1 unspecified atom stereocenters. The second kappa shape index (κ2) is 4.52. The Kier molecular flexibility index (Phi) is 3.10. The van der Waals surface area contributed by atoms with Crippen molar-refractivity contribution in [3.63, 3.8) is 0 Å². The van der Waals surface area contributed by atoms with Crippen LogP contribution in [-0.2, 0) is 4.74 Å². The van der Waals surface area contributed by atoms with Crippen LogP contribution in [0.25, 0.3) is 0 Å². The zero-order chi connectivity index (χ0) is 9.80. The topological polar surface area (TPSA) is 62.8 Å². The lowest BCUT2D eigenvalue weighted by molar-refractivity contribution is 0.0752. The molecule has 14 heavy (non-hydrogen) atoms. The molecule has 1 aliphatic rings. The molecule has 0 amide bonds. The van der Waals surface area contributed by atoms with Gasteiger partial charge in [-0.1, -0.05) is 0 Å². The van der Waals surface area contributed by atoms with Crippen LogP contribution in [0.2, 0.25) is 0 Å². The van der Waals surface area contributed by atoms with E-state index in [1.54, 1.807) is 0 Å². The molecule has 0 aromatic carbocycles. The van der Waals surface area contributed by atoms with Gasteiger partial charge in [0.15, 0.2) is 0 Å². The Labute approximate surface area is 83.3 Å². The number of hydrogen-bond donors (Lipinski definition) is 2. The average molecular weight is 196 g/mol. The summed E-state index contributed by atoms with van der Waals surface area (Å²) in [7, 11) is 0. The maximum atomic E-state index is 5.30. The van der Waals surface area contributed by atoms with E-state index < -0.39 is 0 Å². The Hall–Kier alpha value is -0.940. The van der Waals surface area contributed by atoms with E-state index in [1.165, 1.54) is 6.33 Å². The number of aromatic amines is 1. The highest BCUT2D eigenvalue weighted by Gasteiger charge is 2.17. The van der Waals surface area contributed by atoms with E-state index >= 15 is 0 Å². The fourth-order valence-electron chi connectivity index (χ4n) is 1.72. The summed E-state index contributed by atoms with van der Waals surface area (Å²) in [6, 6.07) is 0.782. The van der Waals surface area contributed by atoms with Crippen molar-refractivity contribution < 1.29 is 4.74 Å². The second-order valence-corrected chi connectivity index (χ2v) is 3.65. The highest BCUT2D eigenvalue weighted by Crippen LogP contribution is 2.12. The molecule has 2 heterocycles. The largest absolute Gasteiger partial charge is 0.381 e. The number of nitrogens with zero attached hydrogens (tertiary/aromatic N) is 2. The maximum absolute atomic E-state index is 5.30. The molecule has 0 spiro atoms. The predicted molar refractivity (Wildman–Crippen MR) is 51.8 cm³/mol. The summed E-state index contributed by atoms with van der Waals surface area (Å²) in [6.45, 7) is 3.82. The Morgan fingerprint density at radius 2 is 2.36 bits per heavy atom. The van der Waals surface area contributed by atoms with E-state index in [-0.39, 0.29) is 6.04 Å². The van der Waals surface area contributed by atoms with Crippen LogP contribution in [-0.4, -0.2) is 34.4 Å². The monoisotopic (exact) mass is 196 g/mol. The van der Waals surface area contributed by atoms with Crippen LogP contribution in [0.3, 0.4) is 0 Å². The molecule has 1 aliphatic heterocycles. The lowest BCUT2D eigenvalue weighted by Gasteiger charge is -2.25. The molecule has 2 rings (SSSR count). The Bertz CT molecular complexity index is 256. The molecular formula is C9H16N4O. The van der Waals surface area contributed by atoms with E-state index in [0.29, 0.717) is 6.04 Å². The molecule has 1 aromatic rings. The quantitative estimate of drug-likeness (QED) is 0.744. The molecule has 5 heteroatoms. The number of nitrogens with one attached hydrogen (secondary N) is 2. The third-order valence-electron chi connectivity index (χ3n) is 2.55. The van der Waals surface area contributed by atoms with Crippen molar-refractivity contribution in [1.82, 2.24) is 20.5 Å². The van der Waals surface area contributed by atoms with Gasteiger partial charge in [-0.15, -0.1) is 0 Å². The third kappa shape index (κ3) is 2.30. The van der Waals surface area contributed by atoms with Crippen LogP contribution >= 0.6 is 0 Å². The smallest absolute Gasteiger partial charge is 0.141 e. The van der Waals surface area contributed by atoms with Gasteiger partial charge in [-0.05, 0) is 19.8 Å². The van der Waals surface area contributed by atoms with Crippen molar-refractivity contribution in [3.05, 3.63) is 12.2 Å². The Morgan fingerprint density at radius 1 is 1.57 bits per heavy atom. The Morgan fingerprint density at radius 3 is 3.00 bits per heavy atom. The van der Waals surface area contributed by atoms with Crippen molar-refractivity contribution >= 4 is 0 Å². The number of aromatic nitrogens is 3. The lowest BCUT2D eigenvalue weighted by atomic mass is 10.1. The first-order valence-electron chi connectivity index (χ1n) is 5.05. The van der Waals surface area contributed by atoms with Gasteiger partial charge in [0.05, 0.1) is 6.04 Å². The Balaban J connectivity index is 1.84. The van der Waals surface area contributed by atoms with E-state index in [0.717, 1.165) is 31.9 Å². The average Bonchev–Trinajstić information content (AvgIpc) is 2.72. The highest BCUT2D eigenvalue weighted by atomic mass is 16.5. The normalized spacial score (nSPS) is 20.9. The van der Waals surface area contributed by atoms with Crippen LogP contribution in [0.4, 0.5) is 0 Å².